The molecule has 0 amide bonds. The van der Waals surface area contributed by atoms with Crippen LogP contribution in [0, 0.1) is 30.4 Å². The standard InChI is InChI=1S/C40H49F2N9O4.C2H2/c1-4-39(28(2)55-40(53)21-43)51-29(3)50(27-46-51)35-8-6-33(7-9-35)47-15-17-48(18-16-47)34-10-12-36(13-11-34)54-24-30(23-52)19-31(22-49-26-44-25-45-49)37-14-5-32(41)20-38(37)42;1-2/h5-14,20,25-28,30-31,39,52H,3-4,15-19,21-24,43H2,1-2H3;1-2H/t28-,30-,31?,39-;/m0./s1. The third kappa shape index (κ3) is 10.7. The monoisotopic (exact) mass is 783 g/mol. The number of carbonyl (C=O) groups excluding carboxylic acids is 1. The van der Waals surface area contributed by atoms with Crippen LogP contribution in [-0.2, 0) is 16.1 Å². The number of hydrazone groups is 1. The maximum absolute atomic E-state index is 14.8. The highest BCUT2D eigenvalue weighted by atomic mass is 19.1. The van der Waals surface area contributed by atoms with Crippen molar-refractivity contribution in [2.24, 2.45) is 16.8 Å². The molecule has 302 valence electrons. The molecule has 4 atom stereocenters. The number of aliphatic hydroxyl groups excluding tert-OH is 1. The largest absolute Gasteiger partial charge is 0.493 e. The molecule has 0 bridgehead atoms. The highest BCUT2D eigenvalue weighted by Gasteiger charge is 2.32. The van der Waals surface area contributed by atoms with Crippen molar-refractivity contribution in [2.75, 3.05) is 60.6 Å². The molecule has 13 nitrogen and oxygen atoms in total. The summed E-state index contributed by atoms with van der Waals surface area (Å²) in [6.07, 6.45) is 13.4. The van der Waals surface area contributed by atoms with Gasteiger partial charge in [0.05, 0.1) is 19.2 Å². The summed E-state index contributed by atoms with van der Waals surface area (Å²) >= 11 is 0. The van der Waals surface area contributed by atoms with E-state index in [0.717, 1.165) is 49.3 Å². The van der Waals surface area contributed by atoms with Crippen molar-refractivity contribution in [3.63, 3.8) is 0 Å². The Kier molecular flexibility index (Phi) is 15.0. The summed E-state index contributed by atoms with van der Waals surface area (Å²) in [4.78, 5) is 22.4. The lowest BCUT2D eigenvalue weighted by atomic mass is 9.88. The van der Waals surface area contributed by atoms with E-state index in [1.165, 1.54) is 18.5 Å². The highest BCUT2D eigenvalue weighted by Crippen LogP contribution is 2.32. The van der Waals surface area contributed by atoms with Gasteiger partial charge in [-0.2, -0.15) is 10.2 Å². The Morgan fingerprint density at radius 2 is 1.61 bits per heavy atom. The van der Waals surface area contributed by atoms with Crippen LogP contribution < -0.4 is 25.2 Å². The summed E-state index contributed by atoms with van der Waals surface area (Å²) in [7, 11) is 0. The smallest absolute Gasteiger partial charge is 0.320 e. The third-order valence-electron chi connectivity index (χ3n) is 10.2. The maximum Gasteiger partial charge on any atom is 0.320 e. The van der Waals surface area contributed by atoms with E-state index in [1.54, 1.807) is 22.4 Å². The lowest BCUT2D eigenvalue weighted by Crippen LogP contribution is -2.46. The minimum absolute atomic E-state index is 0.156. The molecule has 6 rings (SSSR count). The molecule has 3 heterocycles. The van der Waals surface area contributed by atoms with Gasteiger partial charge in [-0.25, -0.2) is 18.8 Å². The van der Waals surface area contributed by atoms with Gasteiger partial charge in [-0.05, 0) is 79.9 Å². The van der Waals surface area contributed by atoms with E-state index in [4.69, 9.17) is 15.2 Å². The van der Waals surface area contributed by atoms with Gasteiger partial charge in [0.25, 0.3) is 0 Å². The number of hydrogen-bond donors (Lipinski definition) is 2. The Morgan fingerprint density at radius 3 is 2.18 bits per heavy atom. The van der Waals surface area contributed by atoms with Gasteiger partial charge in [0, 0.05) is 74.3 Å². The van der Waals surface area contributed by atoms with Gasteiger partial charge in [0.1, 0.15) is 48.3 Å². The topological polar surface area (TPSA) is 138 Å². The van der Waals surface area contributed by atoms with Gasteiger partial charge >= 0.3 is 5.97 Å². The quantitative estimate of drug-likeness (QED) is 0.108. The summed E-state index contributed by atoms with van der Waals surface area (Å²) in [6.45, 7) is 11.7. The van der Waals surface area contributed by atoms with Crippen LogP contribution in [0.25, 0.3) is 0 Å². The Balaban J connectivity index is 0.00000305. The van der Waals surface area contributed by atoms with Gasteiger partial charge in [-0.15, -0.1) is 12.8 Å². The van der Waals surface area contributed by atoms with E-state index in [0.29, 0.717) is 36.5 Å². The summed E-state index contributed by atoms with van der Waals surface area (Å²) in [5, 5.41) is 20.7. The fraction of sp³-hybridized carbons (Fsp3) is 0.381. The lowest BCUT2D eigenvalue weighted by molar-refractivity contribution is -0.149. The van der Waals surface area contributed by atoms with Crippen LogP contribution in [0.4, 0.5) is 25.8 Å². The molecule has 2 aliphatic rings. The molecule has 1 saturated heterocycles. The van der Waals surface area contributed by atoms with E-state index in [1.807, 2.05) is 43.0 Å². The molecule has 1 aromatic heterocycles. The van der Waals surface area contributed by atoms with Gasteiger partial charge in [0.2, 0.25) is 0 Å². The number of anilines is 3. The Labute approximate surface area is 333 Å². The summed E-state index contributed by atoms with van der Waals surface area (Å²) in [5.74, 6) is -1.05. The van der Waals surface area contributed by atoms with Crippen molar-refractivity contribution < 1.29 is 28.2 Å². The number of halogens is 2. The van der Waals surface area contributed by atoms with Crippen molar-refractivity contribution in [2.45, 2.75) is 51.3 Å². The zero-order chi connectivity index (χ0) is 40.9. The maximum atomic E-state index is 14.8. The molecule has 0 aliphatic carbocycles. The van der Waals surface area contributed by atoms with Gasteiger partial charge in [0.15, 0.2) is 0 Å². The number of esters is 1. The molecule has 3 aromatic carbocycles. The number of hydrogen-bond acceptors (Lipinski definition) is 12. The number of ether oxygens (including phenoxy) is 2. The van der Waals surface area contributed by atoms with Crippen LogP contribution in [0.2, 0.25) is 0 Å². The number of aromatic nitrogens is 3. The van der Waals surface area contributed by atoms with Crippen molar-refractivity contribution in [3.05, 3.63) is 109 Å². The Hall–Kier alpha value is -5.98. The first-order valence-corrected chi connectivity index (χ1v) is 18.9. The average Bonchev–Trinajstić information content (AvgIpc) is 3.90. The SMILES string of the molecule is C#C.C=C1N(c2ccc(N3CCN(c4ccc(OC[C@H](CO)CC(Cn5cncn5)c5ccc(F)cc5F)cc4)CC3)cc2)C=NN1[C@@H](CC)[C@H](C)OC(=O)CN. The molecule has 1 unspecified atom stereocenters. The Bertz CT molecular complexity index is 1930. The molecular formula is C42H51F2N9O4. The number of nitrogens with two attached hydrogens (primary N) is 1. The van der Waals surface area contributed by atoms with Crippen molar-refractivity contribution >= 4 is 29.4 Å². The minimum Gasteiger partial charge on any atom is -0.493 e. The zero-order valence-electron chi connectivity index (χ0n) is 32.4. The van der Waals surface area contributed by atoms with Crippen molar-refractivity contribution in [1.29, 1.82) is 0 Å². The number of rotatable bonds is 17. The molecular weight excluding hydrogens is 733 g/mol. The lowest BCUT2D eigenvalue weighted by Gasteiger charge is -2.37. The number of aliphatic hydroxyl groups is 1. The predicted octanol–water partition coefficient (Wildman–Crippen LogP) is 5.20. The number of piperazine rings is 1. The van der Waals surface area contributed by atoms with E-state index in [9.17, 15) is 18.7 Å². The molecule has 0 radical (unpaired) electrons. The first-order chi connectivity index (χ1) is 27.7. The van der Waals surface area contributed by atoms with Crippen LogP contribution in [0.3, 0.4) is 0 Å². The second-order valence-electron chi connectivity index (χ2n) is 13.8. The first-order valence-electron chi connectivity index (χ1n) is 18.9. The van der Waals surface area contributed by atoms with Crippen LogP contribution in [-0.4, -0.2) is 95.3 Å². The van der Waals surface area contributed by atoms with Gasteiger partial charge < -0.3 is 30.1 Å². The summed E-state index contributed by atoms with van der Waals surface area (Å²) < 4.78 is 41.6. The minimum atomic E-state index is -0.642. The summed E-state index contributed by atoms with van der Waals surface area (Å²) in [5.41, 5.74) is 8.94. The van der Waals surface area contributed by atoms with Crippen molar-refractivity contribution in [1.82, 2.24) is 19.8 Å². The van der Waals surface area contributed by atoms with E-state index in [2.05, 4.69) is 68.7 Å². The second kappa shape index (κ2) is 20.3. The average molecular weight is 784 g/mol. The fourth-order valence-corrected chi connectivity index (χ4v) is 7.18. The summed E-state index contributed by atoms with van der Waals surface area (Å²) in [6, 6.07) is 19.6. The predicted molar refractivity (Wildman–Crippen MR) is 218 cm³/mol. The number of nitrogens with zero attached hydrogens (tertiary/aromatic N) is 8. The van der Waals surface area contributed by atoms with E-state index in [-0.39, 0.29) is 37.6 Å². The molecule has 1 fully saturated rings. The fourth-order valence-electron chi connectivity index (χ4n) is 7.18. The molecule has 15 heteroatoms. The number of terminal acetylenes is 1. The molecule has 3 N–H and O–H groups in total. The number of carbonyl (C=O) groups is 1. The second-order valence-corrected chi connectivity index (χ2v) is 13.8. The number of benzene rings is 3. The van der Waals surface area contributed by atoms with Gasteiger partial charge in [-0.1, -0.05) is 19.6 Å². The first kappa shape index (κ1) is 42.2. The zero-order valence-corrected chi connectivity index (χ0v) is 32.4. The molecule has 0 spiro atoms. The van der Waals surface area contributed by atoms with Gasteiger partial charge in [-0.3, -0.25) is 14.4 Å². The van der Waals surface area contributed by atoms with E-state index >= 15 is 0 Å². The molecule has 2 aliphatic heterocycles. The van der Waals surface area contributed by atoms with Crippen LogP contribution in [0.1, 0.15) is 38.2 Å². The molecule has 0 saturated carbocycles. The van der Waals surface area contributed by atoms with E-state index < -0.39 is 23.7 Å². The van der Waals surface area contributed by atoms with Crippen molar-refractivity contribution in [3.8, 4) is 18.6 Å². The third-order valence-corrected chi connectivity index (χ3v) is 10.2. The highest BCUT2D eigenvalue weighted by molar-refractivity contribution is 5.85. The van der Waals surface area contributed by atoms with Crippen LogP contribution in [0.15, 0.2) is 96.9 Å². The molecule has 4 aromatic rings. The normalized spacial score (nSPS) is 16.1. The van der Waals surface area contributed by atoms with Crippen LogP contribution in [0.5, 0.6) is 5.75 Å². The van der Waals surface area contributed by atoms with Crippen LogP contribution >= 0.6 is 0 Å². The Morgan fingerprint density at radius 1 is 0.982 bits per heavy atom. The molecule has 57 heavy (non-hydrogen) atoms.